The summed E-state index contributed by atoms with van der Waals surface area (Å²) < 4.78 is 17.9. The number of rotatable bonds is 6. The lowest BCUT2D eigenvalue weighted by Gasteiger charge is -2.40. The topological polar surface area (TPSA) is 83.8 Å². The van der Waals surface area contributed by atoms with Gasteiger partial charge in [0.25, 0.3) is 0 Å². The highest BCUT2D eigenvalue weighted by atomic mass is 32.2. The number of ether oxygens (including phenoxy) is 3. The van der Waals surface area contributed by atoms with Crippen LogP contribution in [0.15, 0.2) is 59.6 Å². The SMILES string of the molecule is C[C@H](OCc1ccc(Oc2ccccc2)cc1)[C@H]1O[C@@H]2SC(N(C)C)=N[C@@H]2[C@@H](O)[C@@H]1O. The molecule has 4 rings (SSSR count). The van der Waals surface area contributed by atoms with E-state index in [0.717, 1.165) is 22.2 Å². The second-order valence-electron chi connectivity index (χ2n) is 7.94. The molecule has 2 aromatic carbocycles. The molecule has 1 fully saturated rings. The maximum absolute atomic E-state index is 10.6. The Bertz CT molecular complexity index is 893. The molecule has 7 nitrogen and oxygen atoms in total. The minimum atomic E-state index is -1.07. The van der Waals surface area contributed by atoms with Crippen molar-refractivity contribution in [3.05, 3.63) is 60.2 Å². The van der Waals surface area contributed by atoms with Crippen LogP contribution in [0.5, 0.6) is 11.5 Å². The van der Waals surface area contributed by atoms with E-state index < -0.39 is 30.5 Å². The molecule has 0 spiro atoms. The number of benzene rings is 2. The van der Waals surface area contributed by atoms with E-state index in [2.05, 4.69) is 4.99 Å². The summed E-state index contributed by atoms with van der Waals surface area (Å²) in [6, 6.07) is 16.8. The zero-order valence-electron chi connectivity index (χ0n) is 17.8. The third-order valence-electron chi connectivity index (χ3n) is 5.35. The first-order chi connectivity index (χ1) is 14.9. The van der Waals surface area contributed by atoms with E-state index in [1.807, 2.05) is 80.5 Å². The van der Waals surface area contributed by atoms with Gasteiger partial charge in [-0.25, -0.2) is 0 Å². The first-order valence-corrected chi connectivity index (χ1v) is 11.2. The molecular weight excluding hydrogens is 416 g/mol. The van der Waals surface area contributed by atoms with Crippen LogP contribution < -0.4 is 4.74 Å². The maximum atomic E-state index is 10.6. The van der Waals surface area contributed by atoms with E-state index in [-0.39, 0.29) is 5.44 Å². The lowest BCUT2D eigenvalue weighted by molar-refractivity contribution is -0.193. The van der Waals surface area contributed by atoms with Crippen molar-refractivity contribution >= 4 is 16.9 Å². The van der Waals surface area contributed by atoms with Crippen LogP contribution in [-0.4, -0.2) is 70.3 Å². The molecule has 1 saturated heterocycles. The zero-order chi connectivity index (χ0) is 22.0. The van der Waals surface area contributed by atoms with Gasteiger partial charge in [0, 0.05) is 14.1 Å². The van der Waals surface area contributed by atoms with Crippen LogP contribution in [0, 0.1) is 0 Å². The number of hydrogen-bond donors (Lipinski definition) is 2. The number of para-hydroxylation sites is 1. The molecule has 2 aliphatic rings. The Morgan fingerprint density at radius 3 is 2.39 bits per heavy atom. The molecule has 0 radical (unpaired) electrons. The van der Waals surface area contributed by atoms with Gasteiger partial charge < -0.3 is 29.3 Å². The van der Waals surface area contributed by atoms with Gasteiger partial charge in [0.05, 0.1) is 12.7 Å². The predicted molar refractivity (Wildman–Crippen MR) is 120 cm³/mol. The number of aliphatic imine (C=N–C) groups is 1. The Morgan fingerprint density at radius 1 is 1.03 bits per heavy atom. The second kappa shape index (κ2) is 9.58. The normalized spacial score (nSPS) is 28.5. The third-order valence-corrected chi connectivity index (χ3v) is 6.65. The number of fused-ring (bicyclic) bond motifs is 1. The number of amidine groups is 1. The summed E-state index contributed by atoms with van der Waals surface area (Å²) in [5, 5.41) is 21.9. The van der Waals surface area contributed by atoms with Crippen LogP contribution in [-0.2, 0) is 16.1 Å². The molecule has 2 aromatic rings. The molecule has 2 heterocycles. The minimum Gasteiger partial charge on any atom is -0.457 e. The first-order valence-electron chi connectivity index (χ1n) is 10.3. The van der Waals surface area contributed by atoms with Crippen molar-refractivity contribution in [3.63, 3.8) is 0 Å². The Morgan fingerprint density at radius 2 is 1.71 bits per heavy atom. The van der Waals surface area contributed by atoms with Gasteiger partial charge in [-0.15, -0.1) is 0 Å². The summed E-state index contributed by atoms with van der Waals surface area (Å²) >= 11 is 1.46. The summed E-state index contributed by atoms with van der Waals surface area (Å²) in [5.74, 6) is 1.53. The molecule has 0 aromatic heterocycles. The third kappa shape index (κ3) is 5.05. The number of hydrogen-bond acceptors (Lipinski definition) is 8. The molecule has 2 aliphatic heterocycles. The van der Waals surface area contributed by atoms with Gasteiger partial charge in [0.2, 0.25) is 0 Å². The van der Waals surface area contributed by atoms with Crippen molar-refractivity contribution in [2.24, 2.45) is 4.99 Å². The lowest BCUT2D eigenvalue weighted by atomic mass is 9.95. The van der Waals surface area contributed by atoms with E-state index in [9.17, 15) is 10.2 Å². The Hall–Kier alpha value is -2.10. The minimum absolute atomic E-state index is 0.332. The highest BCUT2D eigenvalue weighted by molar-refractivity contribution is 8.14. The number of aliphatic hydroxyl groups is 2. The van der Waals surface area contributed by atoms with E-state index in [4.69, 9.17) is 14.2 Å². The highest BCUT2D eigenvalue weighted by Crippen LogP contribution is 2.38. The summed E-state index contributed by atoms with van der Waals surface area (Å²) in [7, 11) is 3.79. The van der Waals surface area contributed by atoms with Gasteiger partial charge in [-0.3, -0.25) is 4.99 Å². The van der Waals surface area contributed by atoms with Crippen LogP contribution in [0.3, 0.4) is 0 Å². The predicted octanol–water partition coefficient (Wildman–Crippen LogP) is 2.86. The van der Waals surface area contributed by atoms with E-state index in [0.29, 0.717) is 6.61 Å². The fraction of sp³-hybridized carbons (Fsp3) is 0.435. The molecule has 166 valence electrons. The van der Waals surface area contributed by atoms with E-state index in [1.54, 1.807) is 0 Å². The van der Waals surface area contributed by atoms with Crippen LogP contribution >= 0.6 is 11.8 Å². The summed E-state index contributed by atoms with van der Waals surface area (Å²) in [6.07, 6.45) is -3.10. The van der Waals surface area contributed by atoms with Crippen LogP contribution in [0.2, 0.25) is 0 Å². The fourth-order valence-electron chi connectivity index (χ4n) is 3.58. The average molecular weight is 445 g/mol. The number of nitrogens with zero attached hydrogens (tertiary/aromatic N) is 2. The van der Waals surface area contributed by atoms with Crippen LogP contribution in [0.1, 0.15) is 12.5 Å². The molecule has 0 unspecified atom stereocenters. The molecule has 31 heavy (non-hydrogen) atoms. The van der Waals surface area contributed by atoms with Gasteiger partial charge in [-0.1, -0.05) is 42.1 Å². The van der Waals surface area contributed by atoms with Crippen molar-refractivity contribution < 1.29 is 24.4 Å². The summed E-state index contributed by atoms with van der Waals surface area (Å²) in [6.45, 7) is 2.21. The van der Waals surface area contributed by atoms with E-state index in [1.165, 1.54) is 11.8 Å². The average Bonchev–Trinajstić information content (AvgIpc) is 3.21. The van der Waals surface area contributed by atoms with Gasteiger partial charge in [0.15, 0.2) is 5.17 Å². The van der Waals surface area contributed by atoms with E-state index >= 15 is 0 Å². The molecule has 8 heteroatoms. The van der Waals surface area contributed by atoms with Crippen molar-refractivity contribution in [3.8, 4) is 11.5 Å². The summed E-state index contributed by atoms with van der Waals surface area (Å²) in [4.78, 5) is 6.36. The highest BCUT2D eigenvalue weighted by Gasteiger charge is 2.50. The Kier molecular flexibility index (Phi) is 6.83. The number of thioether (sulfide) groups is 1. The Labute approximate surface area is 186 Å². The largest absolute Gasteiger partial charge is 0.457 e. The molecule has 0 saturated carbocycles. The second-order valence-corrected chi connectivity index (χ2v) is 9.01. The smallest absolute Gasteiger partial charge is 0.161 e. The van der Waals surface area contributed by atoms with Gasteiger partial charge in [-0.2, -0.15) is 0 Å². The van der Waals surface area contributed by atoms with Gasteiger partial charge >= 0.3 is 0 Å². The molecule has 0 bridgehead atoms. The summed E-state index contributed by atoms with van der Waals surface area (Å²) in [5.41, 5.74) is 0.644. The molecule has 6 atom stereocenters. The molecular formula is C23H28N2O5S. The van der Waals surface area contributed by atoms with Gasteiger partial charge in [-0.05, 0) is 36.8 Å². The first kappa shape index (κ1) is 22.1. The number of aliphatic hydroxyl groups excluding tert-OH is 2. The maximum Gasteiger partial charge on any atom is 0.161 e. The standard InChI is InChI=1S/C23H28N2O5S/c1-14(21-20(27)19(26)18-22(30-21)31-23(24-18)25(2)3)28-13-15-9-11-17(12-10-15)29-16-7-5-4-6-8-16/h4-12,14,18-22,26-27H,13H2,1-3H3/t14-,18+,19+,20-,21+,22+/m0/s1. The zero-order valence-corrected chi connectivity index (χ0v) is 18.6. The van der Waals surface area contributed by atoms with Crippen molar-refractivity contribution in [1.82, 2.24) is 4.90 Å². The van der Waals surface area contributed by atoms with Crippen LogP contribution in [0.25, 0.3) is 0 Å². The van der Waals surface area contributed by atoms with Crippen molar-refractivity contribution in [2.75, 3.05) is 14.1 Å². The quantitative estimate of drug-likeness (QED) is 0.709. The van der Waals surface area contributed by atoms with Crippen LogP contribution in [0.4, 0.5) is 0 Å². The monoisotopic (exact) mass is 444 g/mol. The molecule has 0 amide bonds. The lowest BCUT2D eigenvalue weighted by Crippen LogP contribution is -2.58. The molecule has 2 N–H and O–H groups in total. The fourth-order valence-corrected chi connectivity index (χ4v) is 4.73. The van der Waals surface area contributed by atoms with Gasteiger partial charge in [0.1, 0.15) is 41.3 Å². The molecule has 0 aliphatic carbocycles. The Balaban J connectivity index is 1.32. The van der Waals surface area contributed by atoms with Crippen molar-refractivity contribution in [2.45, 2.75) is 49.4 Å². The van der Waals surface area contributed by atoms with Crippen molar-refractivity contribution in [1.29, 1.82) is 0 Å².